The number of methoxy groups -OCH3 is 1. The molecule has 3 rings (SSSR count). The largest absolute Gasteiger partial charge is 0.497 e. The van der Waals surface area contributed by atoms with E-state index < -0.39 is 15.8 Å². The molecule has 0 aliphatic heterocycles. The van der Waals surface area contributed by atoms with E-state index >= 15 is 0 Å². The predicted molar refractivity (Wildman–Crippen MR) is 104 cm³/mol. The fraction of sp³-hybridized carbons (Fsp3) is 0.143. The Morgan fingerprint density at radius 3 is 2.41 bits per heavy atom. The quantitative estimate of drug-likeness (QED) is 0.626. The van der Waals surface area contributed by atoms with Gasteiger partial charge in [0.15, 0.2) is 0 Å². The lowest BCUT2D eigenvalue weighted by molar-refractivity contribution is 0.415. The lowest BCUT2D eigenvalue weighted by Gasteiger charge is -2.26. The molecule has 0 heterocycles. The molecule has 0 saturated carbocycles. The van der Waals surface area contributed by atoms with E-state index in [0.717, 1.165) is 11.6 Å². The molecule has 0 atom stereocenters. The Morgan fingerprint density at radius 1 is 0.963 bits per heavy atom. The van der Waals surface area contributed by atoms with Gasteiger partial charge in [0.05, 0.1) is 24.2 Å². The zero-order valence-corrected chi connectivity index (χ0v) is 15.9. The van der Waals surface area contributed by atoms with Crippen molar-refractivity contribution in [3.63, 3.8) is 0 Å². The molecule has 4 nitrogen and oxygen atoms in total. The molecule has 3 aromatic rings. The Balaban J connectivity index is 2.14. The van der Waals surface area contributed by atoms with Crippen LogP contribution >= 0.6 is 0 Å². The summed E-state index contributed by atoms with van der Waals surface area (Å²) >= 11 is 0. The van der Waals surface area contributed by atoms with Gasteiger partial charge in [-0.05, 0) is 42.3 Å². The molecule has 0 aromatic heterocycles. The Bertz CT molecular complexity index is 1040. The average Bonchev–Trinajstić information content (AvgIpc) is 2.68. The van der Waals surface area contributed by atoms with Crippen LogP contribution in [-0.2, 0) is 16.6 Å². The number of ether oxygens (including phenoxy) is 1. The first-order valence-corrected chi connectivity index (χ1v) is 9.82. The second-order valence-electron chi connectivity index (χ2n) is 6.11. The molecule has 0 aliphatic rings. The lowest BCUT2D eigenvalue weighted by Crippen LogP contribution is -2.31. The smallest absolute Gasteiger partial charge is 0.264 e. The van der Waals surface area contributed by atoms with Gasteiger partial charge >= 0.3 is 0 Å². The third-order valence-electron chi connectivity index (χ3n) is 4.23. The zero-order valence-electron chi connectivity index (χ0n) is 15.1. The summed E-state index contributed by atoms with van der Waals surface area (Å²) in [7, 11) is -2.47. The van der Waals surface area contributed by atoms with Crippen molar-refractivity contribution in [2.75, 3.05) is 11.4 Å². The van der Waals surface area contributed by atoms with Gasteiger partial charge in [-0.2, -0.15) is 0 Å². The number of anilines is 1. The van der Waals surface area contributed by atoms with Crippen LogP contribution in [0.15, 0.2) is 77.7 Å². The molecule has 0 N–H and O–H groups in total. The predicted octanol–water partition coefficient (Wildman–Crippen LogP) is 4.54. The zero-order chi connectivity index (χ0) is 19.4. The second-order valence-corrected chi connectivity index (χ2v) is 7.94. The third-order valence-corrected chi connectivity index (χ3v) is 6.14. The molecule has 0 saturated heterocycles. The van der Waals surface area contributed by atoms with E-state index in [4.69, 9.17) is 4.74 Å². The summed E-state index contributed by atoms with van der Waals surface area (Å²) in [6.45, 7) is 1.77. The molecule has 140 valence electrons. The summed E-state index contributed by atoms with van der Waals surface area (Å²) in [5.74, 6) is -0.0544. The molecule has 0 unspecified atom stereocenters. The van der Waals surface area contributed by atoms with Gasteiger partial charge < -0.3 is 4.74 Å². The lowest BCUT2D eigenvalue weighted by atomic mass is 10.2. The summed E-state index contributed by atoms with van der Waals surface area (Å²) < 4.78 is 47.1. The first-order chi connectivity index (χ1) is 12.9. The highest BCUT2D eigenvalue weighted by molar-refractivity contribution is 7.92. The van der Waals surface area contributed by atoms with Crippen LogP contribution in [0.3, 0.4) is 0 Å². The molecular formula is C21H20FNO3S. The molecule has 0 aliphatic carbocycles. The van der Waals surface area contributed by atoms with E-state index in [1.54, 1.807) is 31.2 Å². The minimum atomic E-state index is -3.99. The Labute approximate surface area is 158 Å². The molecule has 0 bridgehead atoms. The van der Waals surface area contributed by atoms with E-state index in [1.165, 1.54) is 23.5 Å². The number of sulfonamides is 1. The van der Waals surface area contributed by atoms with Crippen LogP contribution in [0.1, 0.15) is 11.1 Å². The van der Waals surface area contributed by atoms with Crippen LogP contribution in [-0.4, -0.2) is 15.5 Å². The van der Waals surface area contributed by atoms with Crippen LogP contribution < -0.4 is 9.04 Å². The monoisotopic (exact) mass is 385 g/mol. The van der Waals surface area contributed by atoms with Crippen molar-refractivity contribution >= 4 is 15.7 Å². The van der Waals surface area contributed by atoms with Crippen molar-refractivity contribution < 1.29 is 17.5 Å². The number of rotatable bonds is 6. The molecule has 6 heteroatoms. The van der Waals surface area contributed by atoms with Crippen molar-refractivity contribution in [2.24, 2.45) is 0 Å². The number of nitrogens with zero attached hydrogens (tertiary/aromatic N) is 1. The van der Waals surface area contributed by atoms with Gasteiger partial charge in [-0.15, -0.1) is 0 Å². The van der Waals surface area contributed by atoms with E-state index in [9.17, 15) is 12.8 Å². The fourth-order valence-electron chi connectivity index (χ4n) is 2.80. The number of hydrogen-bond donors (Lipinski definition) is 0. The maximum atomic E-state index is 13.8. The first-order valence-electron chi connectivity index (χ1n) is 8.38. The minimum absolute atomic E-state index is 0.0544. The fourth-order valence-corrected chi connectivity index (χ4v) is 4.48. The Kier molecular flexibility index (Phi) is 5.46. The standard InChI is InChI=1S/C21H20FNO3S/c1-16-11-12-18(22)13-21(16)27(24,25)23(15-17-7-4-3-5-8-17)19-9-6-10-20(14-19)26-2/h3-14H,15H2,1-2H3. The Hall–Kier alpha value is -2.86. The third kappa shape index (κ3) is 4.11. The van der Waals surface area contributed by atoms with Crippen LogP contribution in [0, 0.1) is 12.7 Å². The second kappa shape index (κ2) is 7.80. The van der Waals surface area contributed by atoms with Crippen molar-refractivity contribution in [3.8, 4) is 5.75 Å². The average molecular weight is 385 g/mol. The number of halogens is 1. The van der Waals surface area contributed by atoms with Crippen molar-refractivity contribution in [3.05, 3.63) is 89.7 Å². The van der Waals surface area contributed by atoms with Crippen molar-refractivity contribution in [2.45, 2.75) is 18.4 Å². The number of aryl methyl sites for hydroxylation is 1. The van der Waals surface area contributed by atoms with Crippen LogP contribution in [0.5, 0.6) is 5.75 Å². The van der Waals surface area contributed by atoms with Crippen molar-refractivity contribution in [1.29, 1.82) is 0 Å². The summed E-state index contributed by atoms with van der Waals surface area (Å²) in [5, 5.41) is 0. The van der Waals surface area contributed by atoms with Gasteiger partial charge in [-0.1, -0.05) is 42.5 Å². The molecule has 0 fully saturated rings. The minimum Gasteiger partial charge on any atom is -0.497 e. The molecule has 27 heavy (non-hydrogen) atoms. The van der Waals surface area contributed by atoms with Gasteiger partial charge in [-0.25, -0.2) is 12.8 Å². The molecule has 0 spiro atoms. The maximum absolute atomic E-state index is 13.8. The van der Waals surface area contributed by atoms with Gasteiger partial charge in [-0.3, -0.25) is 4.31 Å². The van der Waals surface area contributed by atoms with E-state index in [1.807, 2.05) is 30.3 Å². The van der Waals surface area contributed by atoms with Crippen LogP contribution in [0.2, 0.25) is 0 Å². The first kappa shape index (κ1) is 18.9. The van der Waals surface area contributed by atoms with E-state index in [0.29, 0.717) is 17.0 Å². The van der Waals surface area contributed by atoms with E-state index in [-0.39, 0.29) is 11.4 Å². The van der Waals surface area contributed by atoms with Crippen molar-refractivity contribution in [1.82, 2.24) is 0 Å². The van der Waals surface area contributed by atoms with Gasteiger partial charge in [0, 0.05) is 6.07 Å². The summed E-state index contributed by atoms with van der Waals surface area (Å²) in [6.07, 6.45) is 0. The maximum Gasteiger partial charge on any atom is 0.264 e. The van der Waals surface area contributed by atoms with E-state index in [2.05, 4.69) is 0 Å². The van der Waals surface area contributed by atoms with Crippen LogP contribution in [0.25, 0.3) is 0 Å². The summed E-state index contributed by atoms with van der Waals surface area (Å²) in [6, 6.07) is 19.8. The molecule has 0 radical (unpaired) electrons. The highest BCUT2D eigenvalue weighted by Gasteiger charge is 2.27. The number of hydrogen-bond acceptors (Lipinski definition) is 3. The van der Waals surface area contributed by atoms with Gasteiger partial charge in [0.25, 0.3) is 10.0 Å². The van der Waals surface area contributed by atoms with Gasteiger partial charge in [0.1, 0.15) is 11.6 Å². The summed E-state index contributed by atoms with van der Waals surface area (Å²) in [5.41, 5.74) is 1.75. The van der Waals surface area contributed by atoms with Crippen LogP contribution in [0.4, 0.5) is 10.1 Å². The highest BCUT2D eigenvalue weighted by atomic mass is 32.2. The summed E-state index contributed by atoms with van der Waals surface area (Å²) in [4.78, 5) is -0.0544. The highest BCUT2D eigenvalue weighted by Crippen LogP contribution is 2.30. The molecule has 3 aromatic carbocycles. The van der Waals surface area contributed by atoms with Gasteiger partial charge in [0.2, 0.25) is 0 Å². The topological polar surface area (TPSA) is 46.6 Å². The Morgan fingerprint density at radius 2 is 1.70 bits per heavy atom. The SMILES string of the molecule is COc1cccc(N(Cc2ccccc2)S(=O)(=O)c2cc(F)ccc2C)c1. The molecular weight excluding hydrogens is 365 g/mol. The normalized spacial score (nSPS) is 11.2. The number of benzene rings is 3. The molecule has 0 amide bonds.